The first kappa shape index (κ1) is 25.6. The number of esters is 3. The van der Waals surface area contributed by atoms with Crippen molar-refractivity contribution in [3.05, 3.63) is 29.8 Å². The Morgan fingerprint density at radius 1 is 0.909 bits per heavy atom. The third kappa shape index (κ3) is 7.45. The Hall–Kier alpha value is -3.67. The maximum atomic E-state index is 11.9. The summed E-state index contributed by atoms with van der Waals surface area (Å²) in [6, 6.07) is 4.21. The van der Waals surface area contributed by atoms with Crippen molar-refractivity contribution in [2.24, 2.45) is 0 Å². The first-order valence-corrected chi connectivity index (χ1v) is 9.88. The number of amides is 1. The molecular weight excluding hydrogens is 442 g/mol. The van der Waals surface area contributed by atoms with Crippen LogP contribution in [0.1, 0.15) is 38.1 Å². The zero-order chi connectivity index (χ0) is 24.7. The van der Waals surface area contributed by atoms with Crippen molar-refractivity contribution in [2.45, 2.75) is 58.3 Å². The Morgan fingerprint density at radius 3 is 1.97 bits per heavy atom. The van der Waals surface area contributed by atoms with Gasteiger partial charge in [0.2, 0.25) is 12.2 Å². The predicted octanol–water partition coefficient (Wildman–Crippen LogP) is 0.420. The predicted molar refractivity (Wildman–Crippen MR) is 108 cm³/mol. The third-order valence-corrected chi connectivity index (χ3v) is 4.42. The van der Waals surface area contributed by atoms with Crippen molar-refractivity contribution in [1.82, 2.24) is 5.32 Å². The Morgan fingerprint density at radius 2 is 1.48 bits per heavy atom. The van der Waals surface area contributed by atoms with Crippen LogP contribution in [0.15, 0.2) is 24.3 Å². The normalized spacial score (nSPS) is 24.2. The summed E-state index contributed by atoms with van der Waals surface area (Å²) in [4.78, 5) is 57.8. The van der Waals surface area contributed by atoms with Crippen LogP contribution < -0.4 is 10.1 Å². The van der Waals surface area contributed by atoms with E-state index in [9.17, 15) is 24.0 Å². The van der Waals surface area contributed by atoms with Gasteiger partial charge in [0.15, 0.2) is 12.2 Å². The average Bonchev–Trinajstić information content (AvgIpc) is 2.70. The smallest absolute Gasteiger partial charge is 0.335 e. The molecule has 0 unspecified atom stereocenters. The maximum absolute atomic E-state index is 11.9. The van der Waals surface area contributed by atoms with Crippen LogP contribution in [0, 0.1) is 0 Å². The van der Waals surface area contributed by atoms with Crippen molar-refractivity contribution < 1.29 is 52.8 Å². The molecule has 1 saturated heterocycles. The quantitative estimate of drug-likeness (QED) is 0.402. The first-order valence-electron chi connectivity index (χ1n) is 9.88. The summed E-state index contributed by atoms with van der Waals surface area (Å²) < 4.78 is 27.3. The van der Waals surface area contributed by atoms with Crippen molar-refractivity contribution in [1.29, 1.82) is 0 Å². The number of carbonyl (C=O) groups excluding carboxylic acids is 4. The van der Waals surface area contributed by atoms with Gasteiger partial charge in [0, 0.05) is 27.7 Å². The van der Waals surface area contributed by atoms with E-state index in [1.165, 1.54) is 38.1 Å². The van der Waals surface area contributed by atoms with Gasteiger partial charge in [-0.1, -0.05) is 0 Å². The number of hydrogen-bond acceptors (Lipinski definition) is 10. The highest BCUT2D eigenvalue weighted by Gasteiger charge is 2.51. The van der Waals surface area contributed by atoms with E-state index in [0.29, 0.717) is 0 Å². The Balaban J connectivity index is 2.43. The zero-order valence-electron chi connectivity index (χ0n) is 18.4. The number of hydrogen-bond donors (Lipinski definition) is 2. The van der Waals surface area contributed by atoms with Crippen molar-refractivity contribution >= 4 is 29.8 Å². The summed E-state index contributed by atoms with van der Waals surface area (Å²) >= 11 is 0. The highest BCUT2D eigenvalue weighted by Crippen LogP contribution is 2.29. The molecule has 1 fully saturated rings. The number of nitrogens with one attached hydrogen (secondary N) is 1. The fraction of sp³-hybridized carbons (Fsp3) is 0.476. The minimum absolute atomic E-state index is 0.0192. The lowest BCUT2D eigenvalue weighted by Gasteiger charge is -2.44. The SMILES string of the molecule is CC(=O)N[C@H]1[C@@H](Oc2ccc(C(=O)O)cc2)O[C@@H](COC(C)=O)[C@@H](OC(C)=O)[C@@H]1OC(C)=O. The number of aromatic carboxylic acids is 1. The molecule has 0 radical (unpaired) electrons. The van der Waals surface area contributed by atoms with Gasteiger partial charge in [0.05, 0.1) is 5.56 Å². The first-order chi connectivity index (χ1) is 15.5. The van der Waals surface area contributed by atoms with Crippen molar-refractivity contribution in [3.63, 3.8) is 0 Å². The standard InChI is InChI=1S/C21H25NO11/c1-10(23)22-17-19(31-13(4)26)18(30-12(3)25)16(9-29-11(2)24)33-21(17)32-15-7-5-14(6-8-15)20(27)28/h5-8,16-19,21H,9H2,1-4H3,(H,22,23)(H,27,28)/t16-,17+,18+,19+,21-/m0/s1. The summed E-state index contributed by atoms with van der Waals surface area (Å²) in [5.74, 6) is -3.55. The van der Waals surface area contributed by atoms with E-state index in [-0.39, 0.29) is 17.9 Å². The lowest BCUT2D eigenvalue weighted by atomic mass is 9.96. The van der Waals surface area contributed by atoms with E-state index in [1.807, 2.05) is 0 Å². The molecule has 0 aromatic heterocycles. The highest BCUT2D eigenvalue weighted by atomic mass is 16.7. The van der Waals surface area contributed by atoms with E-state index in [0.717, 1.165) is 13.8 Å². The molecule has 0 spiro atoms. The molecule has 5 atom stereocenters. The molecule has 1 aromatic carbocycles. The Bertz CT molecular complexity index is 898. The second-order valence-corrected chi connectivity index (χ2v) is 7.17. The number of ether oxygens (including phenoxy) is 5. The van der Waals surface area contributed by atoms with E-state index in [1.54, 1.807) is 0 Å². The third-order valence-electron chi connectivity index (χ3n) is 4.42. The summed E-state index contributed by atoms with van der Waals surface area (Å²) in [5.41, 5.74) is 0.0192. The summed E-state index contributed by atoms with van der Waals surface area (Å²) in [6.45, 7) is 4.29. The number of rotatable bonds is 8. The molecule has 1 aliphatic heterocycles. The molecule has 12 heteroatoms. The molecule has 180 valence electrons. The molecule has 0 bridgehead atoms. The van der Waals surface area contributed by atoms with Crippen LogP contribution in [0.5, 0.6) is 5.75 Å². The van der Waals surface area contributed by atoms with Gasteiger partial charge in [0.25, 0.3) is 0 Å². The van der Waals surface area contributed by atoms with Gasteiger partial charge in [-0.2, -0.15) is 0 Å². The minimum Gasteiger partial charge on any atom is -0.478 e. The summed E-state index contributed by atoms with van der Waals surface area (Å²) in [5, 5.41) is 11.6. The maximum Gasteiger partial charge on any atom is 0.335 e. The fourth-order valence-electron chi connectivity index (χ4n) is 3.20. The molecule has 12 nitrogen and oxygen atoms in total. The lowest BCUT2D eigenvalue weighted by Crippen LogP contribution is -2.67. The molecule has 2 N–H and O–H groups in total. The van der Waals surface area contributed by atoms with Crippen LogP contribution in [0.25, 0.3) is 0 Å². The van der Waals surface area contributed by atoms with Crippen LogP contribution >= 0.6 is 0 Å². The monoisotopic (exact) mass is 467 g/mol. The largest absolute Gasteiger partial charge is 0.478 e. The number of carbonyl (C=O) groups is 5. The van der Waals surface area contributed by atoms with Crippen LogP contribution in [0.4, 0.5) is 0 Å². The Kier molecular flexibility index (Phi) is 8.74. The van der Waals surface area contributed by atoms with Gasteiger partial charge >= 0.3 is 23.9 Å². The van der Waals surface area contributed by atoms with Crippen molar-refractivity contribution in [3.8, 4) is 5.75 Å². The lowest BCUT2D eigenvalue weighted by molar-refractivity contribution is -0.257. The second-order valence-electron chi connectivity index (χ2n) is 7.17. The van der Waals surface area contributed by atoms with Crippen LogP contribution in [0.3, 0.4) is 0 Å². The molecule has 0 aliphatic carbocycles. The second kappa shape index (κ2) is 11.3. The topological polar surface area (TPSA) is 164 Å². The van der Waals surface area contributed by atoms with E-state index >= 15 is 0 Å². The van der Waals surface area contributed by atoms with Gasteiger partial charge in [-0.3, -0.25) is 19.2 Å². The summed E-state index contributed by atoms with van der Waals surface area (Å²) in [6.07, 6.45) is -4.90. The number of benzene rings is 1. The molecule has 1 aromatic rings. The Labute approximate surface area is 189 Å². The molecule has 1 aliphatic rings. The number of carboxylic acids is 1. The van der Waals surface area contributed by atoms with Gasteiger partial charge in [0.1, 0.15) is 24.5 Å². The molecule has 2 rings (SSSR count). The van der Waals surface area contributed by atoms with Crippen LogP contribution in [-0.4, -0.2) is 72.1 Å². The van der Waals surface area contributed by atoms with E-state index < -0.39 is 60.4 Å². The van der Waals surface area contributed by atoms with E-state index in [4.69, 9.17) is 28.8 Å². The molecule has 1 amide bonds. The number of carboxylic acid groups (broad SMARTS) is 1. The zero-order valence-corrected chi connectivity index (χ0v) is 18.4. The average molecular weight is 467 g/mol. The van der Waals surface area contributed by atoms with Crippen LogP contribution in [-0.2, 0) is 38.1 Å². The molecule has 33 heavy (non-hydrogen) atoms. The summed E-state index contributed by atoms with van der Waals surface area (Å²) in [7, 11) is 0. The fourth-order valence-corrected chi connectivity index (χ4v) is 3.20. The van der Waals surface area contributed by atoms with Gasteiger partial charge in [-0.15, -0.1) is 0 Å². The van der Waals surface area contributed by atoms with Gasteiger partial charge in [-0.25, -0.2) is 4.79 Å². The van der Waals surface area contributed by atoms with Crippen LogP contribution in [0.2, 0.25) is 0 Å². The van der Waals surface area contributed by atoms with Crippen molar-refractivity contribution in [2.75, 3.05) is 6.61 Å². The molecule has 1 heterocycles. The molecule has 0 saturated carbocycles. The van der Waals surface area contributed by atoms with Gasteiger partial charge < -0.3 is 34.1 Å². The molecular formula is C21H25NO11. The highest BCUT2D eigenvalue weighted by molar-refractivity contribution is 5.87. The van der Waals surface area contributed by atoms with E-state index in [2.05, 4.69) is 5.32 Å². The minimum atomic E-state index is -1.29. The van der Waals surface area contributed by atoms with Gasteiger partial charge in [-0.05, 0) is 24.3 Å².